The van der Waals surface area contributed by atoms with Crippen LogP contribution in [0.2, 0.25) is 0 Å². The van der Waals surface area contributed by atoms with Crippen molar-refractivity contribution < 1.29 is 0 Å². The van der Waals surface area contributed by atoms with Gasteiger partial charge < -0.3 is 0 Å². The molecule has 0 heteroatoms. The van der Waals surface area contributed by atoms with Crippen molar-refractivity contribution in [1.29, 1.82) is 0 Å². The fourth-order valence-electron chi connectivity index (χ4n) is 6.67. The summed E-state index contributed by atoms with van der Waals surface area (Å²) in [5.74, 6) is 8.04. The van der Waals surface area contributed by atoms with Crippen LogP contribution in [0.25, 0.3) is 0 Å². The van der Waals surface area contributed by atoms with Crippen molar-refractivity contribution in [3.8, 4) is 0 Å². The van der Waals surface area contributed by atoms with Crippen LogP contribution in [0.15, 0.2) is 0 Å². The largest absolute Gasteiger partial charge is 0.0651 e. The van der Waals surface area contributed by atoms with Crippen molar-refractivity contribution >= 4 is 0 Å². The van der Waals surface area contributed by atoms with E-state index < -0.39 is 0 Å². The fourth-order valence-corrected chi connectivity index (χ4v) is 6.67. The summed E-state index contributed by atoms with van der Waals surface area (Å²) in [4.78, 5) is 0. The lowest BCUT2D eigenvalue weighted by molar-refractivity contribution is -0.0322. The molecule has 0 aromatic rings. The predicted molar refractivity (Wildman–Crippen MR) is 98.9 cm³/mol. The van der Waals surface area contributed by atoms with E-state index in [0.29, 0.717) is 0 Å². The van der Waals surface area contributed by atoms with Crippen molar-refractivity contribution in [3.63, 3.8) is 0 Å². The summed E-state index contributed by atoms with van der Waals surface area (Å²) in [6, 6.07) is 0. The summed E-state index contributed by atoms with van der Waals surface area (Å²) < 4.78 is 0. The Bertz CT molecular complexity index is 260. The molecule has 0 nitrogen and oxygen atoms in total. The van der Waals surface area contributed by atoms with Crippen LogP contribution in [0.5, 0.6) is 0 Å². The molecular weight excluding hydrogens is 264 g/mol. The van der Waals surface area contributed by atoms with E-state index in [9.17, 15) is 0 Å². The lowest BCUT2D eigenvalue weighted by Gasteiger charge is -2.52. The Labute approximate surface area is 140 Å². The summed E-state index contributed by atoms with van der Waals surface area (Å²) in [7, 11) is 0. The fraction of sp³-hybridized carbons (Fsp3) is 1.00. The molecule has 0 saturated heterocycles. The van der Waals surface area contributed by atoms with Gasteiger partial charge in [-0.2, -0.15) is 0 Å². The monoisotopic (exact) mass is 306 g/mol. The second kappa shape index (κ2) is 8.20. The quantitative estimate of drug-likeness (QED) is 0.504. The maximum atomic E-state index is 2.51. The van der Waals surface area contributed by atoms with Gasteiger partial charge >= 0.3 is 0 Å². The molecule has 2 rings (SSSR count). The van der Waals surface area contributed by atoms with Gasteiger partial charge in [0.15, 0.2) is 0 Å². The molecule has 0 amide bonds. The third-order valence-corrected chi connectivity index (χ3v) is 7.54. The first kappa shape index (κ1) is 18.3. The summed E-state index contributed by atoms with van der Waals surface area (Å²) >= 11 is 0. The van der Waals surface area contributed by atoms with Gasteiger partial charge in [-0.15, -0.1) is 0 Å². The zero-order valence-electron chi connectivity index (χ0n) is 16.3. The highest BCUT2D eigenvalue weighted by Gasteiger charge is 2.46. The lowest BCUT2D eigenvalue weighted by atomic mass is 9.53. The Kier molecular flexibility index (Phi) is 6.84. The van der Waals surface area contributed by atoms with E-state index in [-0.39, 0.29) is 0 Å². The maximum Gasteiger partial charge on any atom is -0.0324 e. The normalized spacial score (nSPS) is 46.6. The second-order valence-corrected chi connectivity index (χ2v) is 8.98. The molecule has 130 valence electrons. The van der Waals surface area contributed by atoms with Gasteiger partial charge in [0.1, 0.15) is 0 Å². The van der Waals surface area contributed by atoms with E-state index in [2.05, 4.69) is 41.5 Å². The van der Waals surface area contributed by atoms with Gasteiger partial charge in [-0.25, -0.2) is 0 Å². The van der Waals surface area contributed by atoms with Crippen LogP contribution < -0.4 is 0 Å². The summed E-state index contributed by atoms with van der Waals surface area (Å²) in [6.45, 7) is 14.9. The molecule has 0 aliphatic heterocycles. The van der Waals surface area contributed by atoms with E-state index in [1.165, 1.54) is 51.4 Å². The molecule has 22 heavy (non-hydrogen) atoms. The average Bonchev–Trinajstić information content (AvgIpc) is 2.53. The predicted octanol–water partition coefficient (Wildman–Crippen LogP) is 7.18. The molecule has 0 spiro atoms. The number of hydrogen-bond acceptors (Lipinski definition) is 0. The summed E-state index contributed by atoms with van der Waals surface area (Å²) in [5.41, 5.74) is 0. The molecule has 0 bridgehead atoms. The Morgan fingerprint density at radius 1 is 0.500 bits per heavy atom. The van der Waals surface area contributed by atoms with E-state index in [1.807, 2.05) is 0 Å². The van der Waals surface area contributed by atoms with E-state index in [4.69, 9.17) is 0 Å². The Morgan fingerprint density at radius 3 is 0.909 bits per heavy atom. The van der Waals surface area contributed by atoms with Gasteiger partial charge in [-0.05, 0) is 73.0 Å². The topological polar surface area (TPSA) is 0 Å². The lowest BCUT2D eigenvalue weighted by Crippen LogP contribution is -2.45. The first-order valence-corrected chi connectivity index (χ1v) is 10.5. The van der Waals surface area contributed by atoms with Crippen molar-refractivity contribution in [2.45, 2.75) is 92.9 Å². The smallest absolute Gasteiger partial charge is 0.0324 e. The van der Waals surface area contributed by atoms with Gasteiger partial charge in [0.25, 0.3) is 0 Å². The zero-order chi connectivity index (χ0) is 16.3. The molecule has 2 aliphatic rings. The summed E-state index contributed by atoms with van der Waals surface area (Å²) in [5, 5.41) is 0. The van der Waals surface area contributed by atoms with Gasteiger partial charge in [-0.3, -0.25) is 0 Å². The molecule has 0 N–H and O–H groups in total. The van der Waals surface area contributed by atoms with Crippen LogP contribution >= 0.6 is 0 Å². The van der Waals surface area contributed by atoms with Crippen molar-refractivity contribution in [2.75, 3.05) is 0 Å². The van der Waals surface area contributed by atoms with Crippen molar-refractivity contribution in [3.05, 3.63) is 0 Å². The van der Waals surface area contributed by atoms with Crippen LogP contribution in [0, 0.1) is 47.3 Å². The molecule has 0 radical (unpaired) electrons. The highest BCUT2D eigenvalue weighted by molar-refractivity contribution is 4.95. The SMILES string of the molecule is CCC1CC(C)CC(CC)C1C1C(CC)CC(C)CC1CC. The Balaban J connectivity index is 2.29. The molecule has 0 aromatic heterocycles. The maximum absolute atomic E-state index is 2.51. The average molecular weight is 307 g/mol. The van der Waals surface area contributed by atoms with E-state index in [0.717, 1.165) is 47.3 Å². The standard InChI is InChI=1S/C22H42/c1-7-17-11-15(5)12-18(8-2)21(17)22-19(9-3)13-16(6)14-20(22)10-4/h15-22H,7-14H2,1-6H3. The number of rotatable bonds is 5. The minimum atomic E-state index is 0.966. The van der Waals surface area contributed by atoms with E-state index in [1.54, 1.807) is 0 Å². The van der Waals surface area contributed by atoms with Gasteiger partial charge in [0.05, 0.1) is 0 Å². The third-order valence-electron chi connectivity index (χ3n) is 7.54. The van der Waals surface area contributed by atoms with Gasteiger partial charge in [-0.1, -0.05) is 67.2 Å². The first-order valence-electron chi connectivity index (χ1n) is 10.5. The highest BCUT2D eigenvalue weighted by Crippen LogP contribution is 2.54. The minimum Gasteiger partial charge on any atom is -0.0651 e. The van der Waals surface area contributed by atoms with Crippen LogP contribution in [-0.4, -0.2) is 0 Å². The molecule has 0 aromatic carbocycles. The molecule has 2 aliphatic carbocycles. The Hall–Kier alpha value is 0. The van der Waals surface area contributed by atoms with Crippen LogP contribution in [0.4, 0.5) is 0 Å². The number of hydrogen-bond donors (Lipinski definition) is 0. The molecule has 0 heterocycles. The van der Waals surface area contributed by atoms with Crippen LogP contribution in [0.3, 0.4) is 0 Å². The molecule has 4 unspecified atom stereocenters. The zero-order valence-corrected chi connectivity index (χ0v) is 16.3. The first-order chi connectivity index (χ1) is 10.5. The van der Waals surface area contributed by atoms with Gasteiger partial charge in [0, 0.05) is 0 Å². The molecular formula is C22H42. The molecule has 4 atom stereocenters. The third kappa shape index (κ3) is 3.73. The van der Waals surface area contributed by atoms with Crippen LogP contribution in [-0.2, 0) is 0 Å². The molecule has 2 fully saturated rings. The highest BCUT2D eigenvalue weighted by atomic mass is 14.5. The van der Waals surface area contributed by atoms with Crippen molar-refractivity contribution in [2.24, 2.45) is 47.3 Å². The molecule has 2 saturated carbocycles. The minimum absolute atomic E-state index is 0.966. The van der Waals surface area contributed by atoms with E-state index >= 15 is 0 Å². The summed E-state index contributed by atoms with van der Waals surface area (Å²) in [6.07, 6.45) is 11.7. The second-order valence-electron chi connectivity index (χ2n) is 8.98. The van der Waals surface area contributed by atoms with Crippen LogP contribution in [0.1, 0.15) is 92.9 Å². The Morgan fingerprint density at radius 2 is 0.727 bits per heavy atom. The van der Waals surface area contributed by atoms with Crippen molar-refractivity contribution in [1.82, 2.24) is 0 Å². The van der Waals surface area contributed by atoms with Gasteiger partial charge in [0.2, 0.25) is 0 Å².